The smallest absolute Gasteiger partial charge is 0.237 e. The Kier molecular flexibility index (Phi) is 7.46. The predicted molar refractivity (Wildman–Crippen MR) is 77.6 cm³/mol. The van der Waals surface area contributed by atoms with Gasteiger partial charge in [-0.3, -0.25) is 9.59 Å². The molecule has 0 aromatic rings. The summed E-state index contributed by atoms with van der Waals surface area (Å²) in [5, 5.41) is 0. The number of carbonyl (C=O) groups excluding carboxylic acids is 2. The maximum absolute atomic E-state index is 12.0. The first-order valence-corrected chi connectivity index (χ1v) is 7.66. The molecule has 19 heavy (non-hydrogen) atoms. The molecule has 1 atom stereocenters. The summed E-state index contributed by atoms with van der Waals surface area (Å²) in [6.45, 7) is 6.45. The van der Waals surface area contributed by atoms with Crippen molar-refractivity contribution >= 4 is 11.7 Å². The summed E-state index contributed by atoms with van der Waals surface area (Å²) < 4.78 is 0. The van der Waals surface area contributed by atoms with E-state index in [0.717, 1.165) is 12.8 Å². The minimum atomic E-state index is -0.391. The van der Waals surface area contributed by atoms with Crippen LogP contribution in [0.2, 0.25) is 0 Å². The lowest BCUT2D eigenvalue weighted by Crippen LogP contribution is -2.26. The number of rotatable bonds is 10. The van der Waals surface area contributed by atoms with Crippen LogP contribution in [0.3, 0.4) is 0 Å². The number of nitrogens with zero attached hydrogens (tertiary/aromatic N) is 1. The number of Topliss-reactive ketones (excluding diaryl/α,β-unsaturated/α-hetero) is 1. The van der Waals surface area contributed by atoms with E-state index in [9.17, 15) is 9.59 Å². The molecule has 1 rings (SSSR count). The first-order chi connectivity index (χ1) is 9.20. The summed E-state index contributed by atoms with van der Waals surface area (Å²) in [7, 11) is 0. The Bertz CT molecular complexity index is 312. The van der Waals surface area contributed by atoms with Gasteiger partial charge >= 0.3 is 0 Å². The Morgan fingerprint density at radius 3 is 2.47 bits per heavy atom. The third-order valence-corrected chi connectivity index (χ3v) is 3.88. The summed E-state index contributed by atoms with van der Waals surface area (Å²) in [6, 6.07) is 0. The standard InChI is InChI=1S/C16H27NO2/c1-3-5-6-7-8-9-10-11-15(18)14-12-13-17(4-2)16(14)19/h4,14H,2-3,5-13H2,1H3. The average molecular weight is 265 g/mol. The van der Waals surface area contributed by atoms with Crippen molar-refractivity contribution in [2.45, 2.75) is 64.7 Å². The first-order valence-electron chi connectivity index (χ1n) is 7.66. The van der Waals surface area contributed by atoms with E-state index in [-0.39, 0.29) is 11.7 Å². The number of hydrogen-bond acceptors (Lipinski definition) is 2. The lowest BCUT2D eigenvalue weighted by atomic mass is 9.97. The maximum atomic E-state index is 12.0. The third kappa shape index (κ3) is 5.17. The number of hydrogen-bond donors (Lipinski definition) is 0. The molecule has 0 aromatic carbocycles. The monoisotopic (exact) mass is 265 g/mol. The Morgan fingerprint density at radius 1 is 1.26 bits per heavy atom. The van der Waals surface area contributed by atoms with E-state index in [4.69, 9.17) is 0 Å². The lowest BCUT2D eigenvalue weighted by molar-refractivity contribution is -0.135. The average Bonchev–Trinajstić information content (AvgIpc) is 2.78. The fourth-order valence-electron chi connectivity index (χ4n) is 2.61. The third-order valence-electron chi connectivity index (χ3n) is 3.88. The summed E-state index contributed by atoms with van der Waals surface area (Å²) in [4.78, 5) is 25.4. The van der Waals surface area contributed by atoms with Crippen LogP contribution in [-0.4, -0.2) is 23.1 Å². The quantitative estimate of drug-likeness (QED) is 0.446. The second kappa shape index (κ2) is 8.89. The molecule has 0 aliphatic carbocycles. The van der Waals surface area contributed by atoms with Crippen molar-refractivity contribution in [2.75, 3.05) is 6.54 Å². The zero-order valence-corrected chi connectivity index (χ0v) is 12.2. The second-order valence-corrected chi connectivity index (χ2v) is 5.39. The molecule has 1 fully saturated rings. The van der Waals surface area contributed by atoms with Gasteiger partial charge in [0.2, 0.25) is 5.91 Å². The van der Waals surface area contributed by atoms with Crippen molar-refractivity contribution in [3.8, 4) is 0 Å². The van der Waals surface area contributed by atoms with Crippen LogP contribution in [0.5, 0.6) is 0 Å². The Hall–Kier alpha value is -1.12. The molecule has 1 aliphatic heterocycles. The molecule has 1 saturated heterocycles. The molecule has 3 nitrogen and oxygen atoms in total. The summed E-state index contributed by atoms with van der Waals surface area (Å²) in [6.07, 6.45) is 11.2. The van der Waals surface area contributed by atoms with Crippen LogP contribution in [0.25, 0.3) is 0 Å². The largest absolute Gasteiger partial charge is 0.319 e. The van der Waals surface area contributed by atoms with Gasteiger partial charge in [-0.05, 0) is 19.0 Å². The highest BCUT2D eigenvalue weighted by atomic mass is 16.2. The molecule has 1 unspecified atom stereocenters. The molecule has 108 valence electrons. The molecular weight excluding hydrogens is 238 g/mol. The highest BCUT2D eigenvalue weighted by molar-refractivity contribution is 6.02. The number of amides is 1. The van der Waals surface area contributed by atoms with Gasteiger partial charge in [0.25, 0.3) is 0 Å². The second-order valence-electron chi connectivity index (χ2n) is 5.39. The van der Waals surface area contributed by atoms with Gasteiger partial charge in [-0.25, -0.2) is 0 Å². The van der Waals surface area contributed by atoms with Gasteiger partial charge in [-0.15, -0.1) is 0 Å². The highest BCUT2D eigenvalue weighted by Crippen LogP contribution is 2.21. The molecule has 0 spiro atoms. The number of ketones is 1. The van der Waals surface area contributed by atoms with Crippen molar-refractivity contribution in [1.29, 1.82) is 0 Å². The molecule has 0 bridgehead atoms. The minimum absolute atomic E-state index is 0.0528. The van der Waals surface area contributed by atoms with Gasteiger partial charge in [0.05, 0.1) is 5.92 Å². The Balaban J connectivity index is 2.11. The summed E-state index contributed by atoms with van der Waals surface area (Å²) in [5.74, 6) is -0.316. The van der Waals surface area contributed by atoms with Gasteiger partial charge in [0.1, 0.15) is 5.78 Å². The summed E-state index contributed by atoms with van der Waals surface area (Å²) in [5.41, 5.74) is 0. The van der Waals surface area contributed by atoms with Gasteiger partial charge in [0.15, 0.2) is 0 Å². The molecule has 0 aromatic heterocycles. The summed E-state index contributed by atoms with van der Waals surface area (Å²) >= 11 is 0. The maximum Gasteiger partial charge on any atom is 0.237 e. The van der Waals surface area contributed by atoms with Gasteiger partial charge < -0.3 is 4.90 Å². The van der Waals surface area contributed by atoms with Crippen LogP contribution in [-0.2, 0) is 9.59 Å². The first kappa shape index (κ1) is 15.9. The molecule has 0 radical (unpaired) electrons. The van der Waals surface area contributed by atoms with Crippen molar-refractivity contribution in [1.82, 2.24) is 4.90 Å². The molecule has 1 heterocycles. The van der Waals surface area contributed by atoms with E-state index < -0.39 is 5.92 Å². The van der Waals surface area contributed by atoms with Crippen molar-refractivity contribution < 1.29 is 9.59 Å². The number of carbonyl (C=O) groups is 2. The predicted octanol–water partition coefficient (Wildman–Crippen LogP) is 3.69. The lowest BCUT2D eigenvalue weighted by Gasteiger charge is -2.10. The van der Waals surface area contributed by atoms with Crippen LogP contribution in [0.1, 0.15) is 64.7 Å². The van der Waals surface area contributed by atoms with E-state index in [1.165, 1.54) is 38.3 Å². The normalized spacial score (nSPS) is 18.9. The molecule has 0 saturated carbocycles. The topological polar surface area (TPSA) is 37.4 Å². The van der Waals surface area contributed by atoms with Crippen LogP contribution < -0.4 is 0 Å². The molecule has 1 aliphatic rings. The fraction of sp³-hybridized carbons (Fsp3) is 0.750. The van der Waals surface area contributed by atoms with Crippen LogP contribution in [0.15, 0.2) is 12.8 Å². The van der Waals surface area contributed by atoms with Crippen LogP contribution >= 0.6 is 0 Å². The van der Waals surface area contributed by atoms with E-state index >= 15 is 0 Å². The Morgan fingerprint density at radius 2 is 1.89 bits per heavy atom. The fourth-order valence-corrected chi connectivity index (χ4v) is 2.61. The molecule has 3 heteroatoms. The van der Waals surface area contributed by atoms with Crippen molar-refractivity contribution in [3.05, 3.63) is 12.8 Å². The van der Waals surface area contributed by atoms with Gasteiger partial charge in [0, 0.05) is 13.0 Å². The van der Waals surface area contributed by atoms with E-state index in [2.05, 4.69) is 13.5 Å². The molecular formula is C16H27NO2. The van der Waals surface area contributed by atoms with E-state index in [0.29, 0.717) is 19.4 Å². The number of unbranched alkanes of at least 4 members (excludes halogenated alkanes) is 6. The Labute approximate surface area is 117 Å². The zero-order valence-electron chi connectivity index (χ0n) is 12.2. The van der Waals surface area contributed by atoms with Crippen LogP contribution in [0.4, 0.5) is 0 Å². The molecule has 0 N–H and O–H groups in total. The van der Waals surface area contributed by atoms with Crippen LogP contribution in [0, 0.1) is 5.92 Å². The van der Waals surface area contributed by atoms with Crippen molar-refractivity contribution in [2.24, 2.45) is 5.92 Å². The van der Waals surface area contributed by atoms with Crippen molar-refractivity contribution in [3.63, 3.8) is 0 Å². The zero-order chi connectivity index (χ0) is 14.1. The SMILES string of the molecule is C=CN1CCC(C(=O)CCCCCCCCC)C1=O. The van der Waals surface area contributed by atoms with E-state index in [1.54, 1.807) is 4.90 Å². The molecule has 1 amide bonds. The number of likely N-dealkylation sites (tertiary alicyclic amines) is 1. The van der Waals surface area contributed by atoms with Gasteiger partial charge in [-0.2, -0.15) is 0 Å². The van der Waals surface area contributed by atoms with Gasteiger partial charge in [-0.1, -0.05) is 52.0 Å². The minimum Gasteiger partial charge on any atom is -0.319 e. The highest BCUT2D eigenvalue weighted by Gasteiger charge is 2.34. The van der Waals surface area contributed by atoms with E-state index in [1.807, 2.05) is 0 Å².